The van der Waals surface area contributed by atoms with Crippen molar-refractivity contribution in [2.75, 3.05) is 19.0 Å². The lowest BCUT2D eigenvalue weighted by molar-refractivity contribution is -0.386. The lowest BCUT2D eigenvalue weighted by atomic mass is 10.1. The molecule has 0 unspecified atom stereocenters. The van der Waals surface area contributed by atoms with Crippen molar-refractivity contribution in [1.29, 1.82) is 0 Å². The van der Waals surface area contributed by atoms with Crippen molar-refractivity contribution >= 4 is 46.3 Å². The van der Waals surface area contributed by atoms with Crippen LogP contribution in [0.5, 0.6) is 17.4 Å². The molecule has 0 radical (unpaired) electrons. The summed E-state index contributed by atoms with van der Waals surface area (Å²) in [4.78, 5) is 53.3. The molecule has 11 nitrogen and oxygen atoms in total. The van der Waals surface area contributed by atoms with Crippen molar-refractivity contribution in [3.05, 3.63) is 86.9 Å². The first-order chi connectivity index (χ1) is 18.3. The van der Waals surface area contributed by atoms with Crippen LogP contribution in [0.25, 0.3) is 6.08 Å². The van der Waals surface area contributed by atoms with Gasteiger partial charge in [-0.25, -0.2) is 4.98 Å². The van der Waals surface area contributed by atoms with E-state index in [1.807, 2.05) is 19.1 Å². The molecule has 194 valence electrons. The van der Waals surface area contributed by atoms with Gasteiger partial charge in [0.2, 0.25) is 5.91 Å². The number of carbonyl (C=O) groups excluding carboxylic acids is 3. The molecule has 1 saturated heterocycles. The van der Waals surface area contributed by atoms with Gasteiger partial charge in [-0.2, -0.15) is 0 Å². The topological polar surface area (TPSA) is 141 Å². The van der Waals surface area contributed by atoms with E-state index in [9.17, 15) is 24.5 Å². The van der Waals surface area contributed by atoms with Crippen LogP contribution in [0.15, 0.2) is 65.7 Å². The Morgan fingerprint density at radius 1 is 1.16 bits per heavy atom. The normalized spacial score (nSPS) is 14.1. The summed E-state index contributed by atoms with van der Waals surface area (Å²) < 4.78 is 10.9. The van der Waals surface area contributed by atoms with Crippen LogP contribution in [0.2, 0.25) is 0 Å². The lowest BCUT2D eigenvalue weighted by Gasteiger charge is -2.12. The summed E-state index contributed by atoms with van der Waals surface area (Å²) in [5, 5.41) is 13.4. The number of thioether (sulfide) groups is 1. The van der Waals surface area contributed by atoms with Crippen molar-refractivity contribution in [3.63, 3.8) is 0 Å². The fourth-order valence-corrected chi connectivity index (χ4v) is 4.36. The third-order valence-corrected chi connectivity index (χ3v) is 6.37. The van der Waals surface area contributed by atoms with Gasteiger partial charge in [-0.1, -0.05) is 25.1 Å². The highest BCUT2D eigenvalue weighted by Gasteiger charge is 2.36. The number of carbonyl (C=O) groups is 3. The zero-order valence-electron chi connectivity index (χ0n) is 20.4. The van der Waals surface area contributed by atoms with Gasteiger partial charge in [-0.05, 0) is 65.7 Å². The van der Waals surface area contributed by atoms with Gasteiger partial charge in [-0.3, -0.25) is 29.4 Å². The Bertz CT molecular complexity index is 1440. The quantitative estimate of drug-likeness (QED) is 0.227. The maximum Gasteiger partial charge on any atom is 0.331 e. The summed E-state index contributed by atoms with van der Waals surface area (Å²) in [6.07, 6.45) is 3.72. The van der Waals surface area contributed by atoms with Gasteiger partial charge in [0, 0.05) is 18.0 Å². The Balaban J connectivity index is 1.47. The Labute approximate surface area is 221 Å². The molecule has 0 spiro atoms. The molecule has 0 saturated carbocycles. The van der Waals surface area contributed by atoms with Crippen molar-refractivity contribution in [2.45, 2.75) is 13.3 Å². The molecule has 0 bridgehead atoms. The van der Waals surface area contributed by atoms with Crippen LogP contribution < -0.4 is 14.8 Å². The van der Waals surface area contributed by atoms with Crippen LogP contribution in [-0.2, 0) is 16.0 Å². The molecule has 1 aromatic heterocycles. The number of nitro groups is 1. The zero-order chi connectivity index (χ0) is 27.2. The summed E-state index contributed by atoms with van der Waals surface area (Å²) in [5.74, 6) is -0.900. The Kier molecular flexibility index (Phi) is 8.02. The second-order valence-corrected chi connectivity index (χ2v) is 8.96. The average molecular weight is 535 g/mol. The smallest absolute Gasteiger partial charge is 0.331 e. The van der Waals surface area contributed by atoms with Gasteiger partial charge < -0.3 is 14.8 Å². The summed E-state index contributed by atoms with van der Waals surface area (Å²) in [6.45, 7) is 1.60. The second-order valence-electron chi connectivity index (χ2n) is 7.96. The molecule has 1 aliphatic heterocycles. The lowest BCUT2D eigenvalue weighted by Crippen LogP contribution is -2.36. The molecule has 2 aromatic carbocycles. The summed E-state index contributed by atoms with van der Waals surface area (Å²) in [6, 6.07) is 14.6. The van der Waals surface area contributed by atoms with Crippen LogP contribution >= 0.6 is 11.8 Å². The highest BCUT2D eigenvalue weighted by atomic mass is 32.2. The van der Waals surface area contributed by atoms with Gasteiger partial charge in [0.15, 0.2) is 11.5 Å². The van der Waals surface area contributed by atoms with Crippen molar-refractivity contribution in [3.8, 4) is 17.4 Å². The average Bonchev–Trinajstić information content (AvgIpc) is 3.17. The first-order valence-electron chi connectivity index (χ1n) is 11.4. The molecule has 38 heavy (non-hydrogen) atoms. The number of amides is 3. The first-order valence-corrected chi connectivity index (χ1v) is 12.2. The van der Waals surface area contributed by atoms with Gasteiger partial charge in [-0.15, -0.1) is 0 Å². The fourth-order valence-electron chi connectivity index (χ4n) is 3.52. The Morgan fingerprint density at radius 3 is 2.61 bits per heavy atom. The molecule has 4 rings (SSSR count). The van der Waals surface area contributed by atoms with E-state index < -0.39 is 28.5 Å². The number of aromatic nitrogens is 1. The standard InChI is InChI=1S/C26H22N4O7S/c1-3-16-6-9-18(10-7-16)28-23(31)15-29-25(32)22(38-26(29)33)14-17-8-11-20(21(13-17)36-2)37-24-19(30(34)35)5-4-12-27-24/h4-14H,3,15H2,1-2H3,(H,28,31)/b22-14-. The van der Waals surface area contributed by atoms with Crippen molar-refractivity contribution < 1.29 is 28.8 Å². The number of nitrogens with one attached hydrogen (secondary N) is 1. The minimum Gasteiger partial charge on any atom is -0.493 e. The van der Waals surface area contributed by atoms with Crippen LogP contribution in [0.4, 0.5) is 16.2 Å². The number of hydrogen-bond donors (Lipinski definition) is 1. The molecule has 0 atom stereocenters. The summed E-state index contributed by atoms with van der Waals surface area (Å²) in [5.41, 5.74) is 1.89. The van der Waals surface area contributed by atoms with Crippen molar-refractivity contribution in [1.82, 2.24) is 9.88 Å². The molecule has 1 fully saturated rings. The number of pyridine rings is 1. The monoisotopic (exact) mass is 534 g/mol. The second kappa shape index (κ2) is 11.6. The number of hydrogen-bond acceptors (Lipinski definition) is 9. The molecule has 0 aliphatic carbocycles. The van der Waals surface area contributed by atoms with Crippen LogP contribution in [0.1, 0.15) is 18.1 Å². The molecule has 3 aromatic rings. The number of methoxy groups -OCH3 is 1. The Morgan fingerprint density at radius 2 is 1.92 bits per heavy atom. The maximum atomic E-state index is 12.9. The van der Waals surface area contributed by atoms with E-state index >= 15 is 0 Å². The number of benzene rings is 2. The highest BCUT2D eigenvalue weighted by molar-refractivity contribution is 8.18. The van der Waals surface area contributed by atoms with Crippen LogP contribution in [0.3, 0.4) is 0 Å². The number of ether oxygens (including phenoxy) is 2. The number of anilines is 1. The summed E-state index contributed by atoms with van der Waals surface area (Å²) in [7, 11) is 1.39. The SMILES string of the molecule is CCc1ccc(NC(=O)CN2C(=O)S/C(=C\c3ccc(Oc4ncccc4[N+](=O)[O-])c(OC)c3)C2=O)cc1. The maximum absolute atomic E-state index is 12.9. The van der Waals surface area contributed by atoms with Crippen LogP contribution in [-0.4, -0.2) is 45.5 Å². The summed E-state index contributed by atoms with van der Waals surface area (Å²) >= 11 is 0.717. The fraction of sp³-hybridized carbons (Fsp3) is 0.154. The third-order valence-electron chi connectivity index (χ3n) is 5.46. The molecular weight excluding hydrogens is 512 g/mol. The van der Waals surface area contributed by atoms with Gasteiger partial charge in [0.1, 0.15) is 6.54 Å². The largest absolute Gasteiger partial charge is 0.493 e. The van der Waals surface area contributed by atoms with E-state index in [-0.39, 0.29) is 28.0 Å². The molecule has 3 amide bonds. The highest BCUT2D eigenvalue weighted by Crippen LogP contribution is 2.37. The van der Waals surface area contributed by atoms with Gasteiger partial charge in [0.25, 0.3) is 17.0 Å². The molecule has 2 heterocycles. The van der Waals surface area contributed by atoms with E-state index in [1.165, 1.54) is 37.6 Å². The molecule has 1 N–H and O–H groups in total. The van der Waals surface area contributed by atoms with E-state index in [2.05, 4.69) is 10.3 Å². The van der Waals surface area contributed by atoms with Crippen LogP contribution in [0, 0.1) is 10.1 Å². The molecular formula is C26H22N4O7S. The number of aryl methyl sites for hydroxylation is 1. The van der Waals surface area contributed by atoms with Crippen molar-refractivity contribution in [2.24, 2.45) is 0 Å². The molecule has 12 heteroatoms. The third kappa shape index (κ3) is 5.98. The zero-order valence-corrected chi connectivity index (χ0v) is 21.2. The van der Waals surface area contributed by atoms with E-state index in [4.69, 9.17) is 9.47 Å². The molecule has 1 aliphatic rings. The minimum atomic E-state index is -0.610. The number of imide groups is 1. The number of rotatable bonds is 9. The Hall–Kier alpha value is -4.71. The van der Waals surface area contributed by atoms with Gasteiger partial charge >= 0.3 is 5.69 Å². The van der Waals surface area contributed by atoms with E-state index in [1.54, 1.807) is 24.3 Å². The van der Waals surface area contributed by atoms with Gasteiger partial charge in [0.05, 0.1) is 16.9 Å². The predicted molar refractivity (Wildman–Crippen MR) is 141 cm³/mol. The minimum absolute atomic E-state index is 0.131. The number of nitrogens with zero attached hydrogens (tertiary/aromatic N) is 3. The predicted octanol–water partition coefficient (Wildman–Crippen LogP) is 5.03. The van der Waals surface area contributed by atoms with E-state index in [0.717, 1.165) is 16.9 Å². The van der Waals surface area contributed by atoms with E-state index in [0.29, 0.717) is 23.0 Å². The first kappa shape index (κ1) is 26.4.